The van der Waals surface area contributed by atoms with E-state index in [9.17, 15) is 0 Å². The molecule has 0 atom stereocenters. The minimum absolute atomic E-state index is 0.777. The van der Waals surface area contributed by atoms with E-state index in [0.717, 1.165) is 35.0 Å². The maximum Gasteiger partial charge on any atom is 0.127 e. The Morgan fingerprint density at radius 1 is 1.15 bits per heavy atom. The summed E-state index contributed by atoms with van der Waals surface area (Å²) in [6.07, 6.45) is 1.84. The largest absolute Gasteiger partial charge is 0.457 e. The first-order chi connectivity index (χ1) is 9.61. The van der Waals surface area contributed by atoms with Gasteiger partial charge in [0.05, 0.1) is 12.0 Å². The molecule has 1 aliphatic rings. The predicted molar refractivity (Wildman–Crippen MR) is 81.7 cm³/mol. The fourth-order valence-corrected chi connectivity index (χ4v) is 2.20. The number of fused-ring (bicyclic) bond motifs is 1. The number of ether oxygens (including phenoxy) is 1. The summed E-state index contributed by atoms with van der Waals surface area (Å²) in [5, 5.41) is 0. The second-order valence-electron chi connectivity index (χ2n) is 5.07. The molecule has 0 spiro atoms. The third-order valence-corrected chi connectivity index (χ3v) is 3.34. The molecular weight excluding hydrogens is 250 g/mol. The van der Waals surface area contributed by atoms with Gasteiger partial charge in [0.2, 0.25) is 0 Å². The number of nitrogen functional groups attached to an aromatic ring is 1. The van der Waals surface area contributed by atoms with Gasteiger partial charge in [-0.1, -0.05) is 0 Å². The summed E-state index contributed by atoms with van der Waals surface area (Å²) in [5.74, 6) is 1.61. The quantitative estimate of drug-likeness (QED) is 0.847. The van der Waals surface area contributed by atoms with Crippen LogP contribution in [0.4, 0.5) is 11.4 Å². The summed E-state index contributed by atoms with van der Waals surface area (Å²) in [7, 11) is 2.00. The number of nitrogens with zero attached hydrogens (tertiary/aromatic N) is 2. The summed E-state index contributed by atoms with van der Waals surface area (Å²) < 4.78 is 5.89. The van der Waals surface area contributed by atoms with Crippen LogP contribution in [0.15, 0.2) is 41.4 Å². The molecule has 0 aliphatic carbocycles. The molecule has 0 unspecified atom stereocenters. The topological polar surface area (TPSA) is 50.8 Å². The molecule has 2 aromatic carbocycles. The maximum atomic E-state index is 5.89. The lowest BCUT2D eigenvalue weighted by Crippen LogP contribution is -2.18. The molecule has 0 amide bonds. The van der Waals surface area contributed by atoms with Crippen LogP contribution in [-0.2, 0) is 6.54 Å². The Morgan fingerprint density at radius 3 is 2.70 bits per heavy atom. The molecule has 0 saturated heterocycles. The van der Waals surface area contributed by atoms with E-state index in [0.29, 0.717) is 0 Å². The monoisotopic (exact) mass is 267 g/mol. The Bertz CT molecular complexity index is 679. The molecule has 0 radical (unpaired) electrons. The minimum Gasteiger partial charge on any atom is -0.457 e. The standard InChI is InChI=1S/C16H17N3O/c1-11-7-13(3-5-15(11)17)20-14-4-6-16-12(8-14)9-19(2)10-18-16/h3-8,10H,9,17H2,1-2H3. The zero-order chi connectivity index (χ0) is 14.1. The Labute approximate surface area is 118 Å². The van der Waals surface area contributed by atoms with E-state index in [1.54, 1.807) is 0 Å². The van der Waals surface area contributed by atoms with Crippen molar-refractivity contribution in [3.8, 4) is 11.5 Å². The first kappa shape index (κ1) is 12.5. The summed E-state index contributed by atoms with van der Waals surface area (Å²) in [4.78, 5) is 6.42. The molecule has 2 aromatic rings. The molecule has 3 rings (SSSR count). The van der Waals surface area contributed by atoms with Crippen molar-refractivity contribution in [3.05, 3.63) is 47.5 Å². The van der Waals surface area contributed by atoms with Crippen LogP contribution >= 0.6 is 0 Å². The first-order valence-corrected chi connectivity index (χ1v) is 6.53. The van der Waals surface area contributed by atoms with E-state index in [4.69, 9.17) is 10.5 Å². The van der Waals surface area contributed by atoms with Gasteiger partial charge in [-0.05, 0) is 48.9 Å². The van der Waals surface area contributed by atoms with E-state index < -0.39 is 0 Å². The van der Waals surface area contributed by atoms with Gasteiger partial charge in [0.1, 0.15) is 11.5 Å². The Kier molecular flexibility index (Phi) is 3.06. The van der Waals surface area contributed by atoms with Crippen LogP contribution in [0.3, 0.4) is 0 Å². The zero-order valence-electron chi connectivity index (χ0n) is 11.6. The number of hydrogen-bond acceptors (Lipinski definition) is 4. The molecular formula is C16H17N3O. The molecule has 4 heteroatoms. The Balaban J connectivity index is 1.86. The number of nitrogens with two attached hydrogens (primary N) is 1. The molecule has 0 saturated carbocycles. The highest BCUT2D eigenvalue weighted by molar-refractivity contribution is 5.67. The zero-order valence-corrected chi connectivity index (χ0v) is 11.6. The van der Waals surface area contributed by atoms with Crippen LogP contribution < -0.4 is 10.5 Å². The second kappa shape index (κ2) is 4.89. The fourth-order valence-electron chi connectivity index (χ4n) is 2.20. The van der Waals surface area contributed by atoms with Gasteiger partial charge in [0.25, 0.3) is 0 Å². The van der Waals surface area contributed by atoms with Gasteiger partial charge < -0.3 is 15.4 Å². The fraction of sp³-hybridized carbons (Fsp3) is 0.188. The smallest absolute Gasteiger partial charge is 0.127 e. The maximum absolute atomic E-state index is 5.89. The van der Waals surface area contributed by atoms with Crippen molar-refractivity contribution in [1.82, 2.24) is 4.90 Å². The van der Waals surface area contributed by atoms with Crippen LogP contribution in [-0.4, -0.2) is 18.3 Å². The third-order valence-electron chi connectivity index (χ3n) is 3.34. The molecule has 102 valence electrons. The van der Waals surface area contributed by atoms with Gasteiger partial charge in [-0.15, -0.1) is 0 Å². The Morgan fingerprint density at radius 2 is 1.90 bits per heavy atom. The molecule has 2 N–H and O–H groups in total. The van der Waals surface area contributed by atoms with E-state index in [2.05, 4.69) is 4.99 Å². The highest BCUT2D eigenvalue weighted by Gasteiger charge is 2.10. The van der Waals surface area contributed by atoms with Crippen molar-refractivity contribution in [3.63, 3.8) is 0 Å². The van der Waals surface area contributed by atoms with Crippen molar-refractivity contribution >= 4 is 17.7 Å². The highest BCUT2D eigenvalue weighted by atomic mass is 16.5. The second-order valence-corrected chi connectivity index (χ2v) is 5.07. The van der Waals surface area contributed by atoms with Crippen LogP contribution in [0.1, 0.15) is 11.1 Å². The first-order valence-electron chi connectivity index (χ1n) is 6.53. The Hall–Kier alpha value is -2.49. The van der Waals surface area contributed by atoms with Gasteiger partial charge in [-0.3, -0.25) is 0 Å². The summed E-state index contributed by atoms with van der Waals surface area (Å²) in [6.45, 7) is 2.82. The highest BCUT2D eigenvalue weighted by Crippen LogP contribution is 2.31. The number of rotatable bonds is 2. The van der Waals surface area contributed by atoms with Crippen LogP contribution in [0.25, 0.3) is 0 Å². The normalized spacial score (nSPS) is 13.2. The van der Waals surface area contributed by atoms with E-state index in [-0.39, 0.29) is 0 Å². The summed E-state index contributed by atoms with van der Waals surface area (Å²) >= 11 is 0. The average Bonchev–Trinajstić information content (AvgIpc) is 2.42. The summed E-state index contributed by atoms with van der Waals surface area (Å²) in [6, 6.07) is 11.6. The van der Waals surface area contributed by atoms with Crippen molar-refractivity contribution in [2.45, 2.75) is 13.5 Å². The average molecular weight is 267 g/mol. The number of benzene rings is 2. The lowest BCUT2D eigenvalue weighted by atomic mass is 10.1. The van der Waals surface area contributed by atoms with Crippen molar-refractivity contribution in [1.29, 1.82) is 0 Å². The van der Waals surface area contributed by atoms with Gasteiger partial charge in [0.15, 0.2) is 0 Å². The molecule has 1 heterocycles. The van der Waals surface area contributed by atoms with Gasteiger partial charge in [0, 0.05) is 24.8 Å². The van der Waals surface area contributed by atoms with Gasteiger partial charge >= 0.3 is 0 Å². The molecule has 0 fully saturated rings. The molecule has 0 aromatic heterocycles. The summed E-state index contributed by atoms with van der Waals surface area (Å²) in [5.41, 5.74) is 9.78. The minimum atomic E-state index is 0.777. The van der Waals surface area contributed by atoms with Gasteiger partial charge in [-0.2, -0.15) is 0 Å². The van der Waals surface area contributed by atoms with E-state index in [1.807, 2.05) is 61.6 Å². The molecule has 0 bridgehead atoms. The van der Waals surface area contributed by atoms with Crippen molar-refractivity contribution < 1.29 is 4.74 Å². The SMILES string of the molecule is Cc1cc(Oc2ccc3c(c2)CN(C)C=N3)ccc1N. The number of aliphatic imine (C=N–C) groups is 1. The predicted octanol–water partition coefficient (Wildman–Crippen LogP) is 3.47. The van der Waals surface area contributed by atoms with Crippen molar-refractivity contribution in [2.75, 3.05) is 12.8 Å². The van der Waals surface area contributed by atoms with E-state index in [1.165, 1.54) is 5.56 Å². The van der Waals surface area contributed by atoms with Crippen LogP contribution in [0, 0.1) is 6.92 Å². The van der Waals surface area contributed by atoms with Crippen molar-refractivity contribution in [2.24, 2.45) is 4.99 Å². The number of anilines is 1. The third kappa shape index (κ3) is 2.45. The van der Waals surface area contributed by atoms with Gasteiger partial charge in [-0.25, -0.2) is 4.99 Å². The number of hydrogen-bond donors (Lipinski definition) is 1. The molecule has 1 aliphatic heterocycles. The lowest BCUT2D eigenvalue weighted by Gasteiger charge is -2.20. The molecule has 4 nitrogen and oxygen atoms in total. The van der Waals surface area contributed by atoms with Crippen LogP contribution in [0.2, 0.25) is 0 Å². The lowest BCUT2D eigenvalue weighted by molar-refractivity contribution is 0.475. The number of aryl methyl sites for hydroxylation is 1. The molecule has 20 heavy (non-hydrogen) atoms. The van der Waals surface area contributed by atoms with E-state index >= 15 is 0 Å². The van der Waals surface area contributed by atoms with Crippen LogP contribution in [0.5, 0.6) is 11.5 Å².